The van der Waals surface area contributed by atoms with Crippen LogP contribution in [0.4, 0.5) is 18.9 Å². The normalized spacial score (nSPS) is 11.6. The summed E-state index contributed by atoms with van der Waals surface area (Å²) in [4.78, 5) is 7.17. The first-order valence-corrected chi connectivity index (χ1v) is 6.16. The molecule has 1 rings (SSSR count). The zero-order chi connectivity index (χ0) is 13.5. The lowest BCUT2D eigenvalue weighted by molar-refractivity contribution is -0.391. The molecule has 0 saturated heterocycles. The highest BCUT2D eigenvalue weighted by Crippen LogP contribution is 2.35. The number of halogens is 4. The van der Waals surface area contributed by atoms with Crippen LogP contribution in [0.3, 0.4) is 0 Å². The van der Waals surface area contributed by atoms with Crippen LogP contribution in [-0.4, -0.2) is 13.3 Å². The van der Waals surface area contributed by atoms with Crippen LogP contribution < -0.4 is 0 Å². The molecule has 0 spiro atoms. The van der Waals surface area contributed by atoms with Crippen LogP contribution in [-0.2, 0) is 9.05 Å². The third kappa shape index (κ3) is 2.20. The van der Waals surface area contributed by atoms with E-state index in [9.17, 15) is 31.7 Å². The van der Waals surface area contributed by atoms with Gasteiger partial charge in [0.05, 0.1) is 4.92 Å². The van der Waals surface area contributed by atoms with Crippen molar-refractivity contribution in [1.29, 1.82) is 0 Å². The molecule has 10 heteroatoms. The van der Waals surface area contributed by atoms with E-state index in [1.54, 1.807) is 0 Å². The van der Waals surface area contributed by atoms with Gasteiger partial charge in [0.15, 0.2) is 16.5 Å². The van der Waals surface area contributed by atoms with E-state index in [4.69, 9.17) is 10.7 Å². The minimum Gasteiger partial charge on any atom is -0.258 e. The van der Waals surface area contributed by atoms with E-state index in [1.165, 1.54) is 0 Å². The molecule has 0 saturated carbocycles. The largest absolute Gasteiger partial charge is 0.330 e. The quantitative estimate of drug-likeness (QED) is 0.362. The van der Waals surface area contributed by atoms with E-state index < -0.39 is 47.6 Å². The van der Waals surface area contributed by atoms with Crippen molar-refractivity contribution >= 4 is 25.4 Å². The lowest BCUT2D eigenvalue weighted by Gasteiger charge is -2.06. The van der Waals surface area contributed by atoms with Crippen LogP contribution in [0.1, 0.15) is 5.56 Å². The summed E-state index contributed by atoms with van der Waals surface area (Å²) in [5.74, 6) is -5.70. The molecule has 0 heterocycles. The van der Waals surface area contributed by atoms with Crippen molar-refractivity contribution in [2.24, 2.45) is 0 Å². The molecular weight excluding hydrogens is 287 g/mol. The predicted octanol–water partition coefficient (Wildman–Crippen LogP) is 2.25. The fraction of sp³-hybridized carbons (Fsp3) is 0.143. The maximum Gasteiger partial charge on any atom is 0.330 e. The summed E-state index contributed by atoms with van der Waals surface area (Å²) < 4.78 is 61.4. The molecule has 1 aromatic rings. The second-order valence-electron chi connectivity index (χ2n) is 2.94. The fourth-order valence-corrected chi connectivity index (χ4v) is 2.31. The summed E-state index contributed by atoms with van der Waals surface area (Å²) in [6, 6.07) is 0. The first kappa shape index (κ1) is 13.7. The average molecular weight is 290 g/mol. The van der Waals surface area contributed by atoms with Crippen molar-refractivity contribution in [3.63, 3.8) is 0 Å². The van der Waals surface area contributed by atoms with Crippen molar-refractivity contribution in [3.8, 4) is 0 Å². The molecule has 0 unspecified atom stereocenters. The van der Waals surface area contributed by atoms with E-state index in [0.29, 0.717) is 0 Å². The highest BCUT2D eigenvalue weighted by atomic mass is 35.7. The van der Waals surface area contributed by atoms with Crippen LogP contribution in [0.5, 0.6) is 0 Å². The van der Waals surface area contributed by atoms with Gasteiger partial charge in [-0.25, -0.2) is 17.2 Å². The van der Waals surface area contributed by atoms with E-state index >= 15 is 0 Å². The Labute approximate surface area is 97.4 Å². The van der Waals surface area contributed by atoms with Gasteiger partial charge in [-0.3, -0.25) is 10.1 Å². The lowest BCUT2D eigenvalue weighted by atomic mass is 10.2. The summed E-state index contributed by atoms with van der Waals surface area (Å²) >= 11 is 0. The van der Waals surface area contributed by atoms with Crippen LogP contribution >= 0.6 is 10.7 Å². The molecule has 0 atom stereocenters. The van der Waals surface area contributed by atoms with Crippen LogP contribution in [0, 0.1) is 34.5 Å². The zero-order valence-electron chi connectivity index (χ0n) is 8.00. The molecule has 0 aliphatic carbocycles. The third-order valence-electron chi connectivity index (χ3n) is 1.90. The SMILES string of the molecule is Cc1c(F)c(F)c([N+](=O)[O-])c(S(=O)(=O)Cl)c1F. The Hall–Kier alpha value is -1.35. The monoisotopic (exact) mass is 289 g/mol. The molecule has 0 aliphatic heterocycles. The second kappa shape index (κ2) is 4.15. The summed E-state index contributed by atoms with van der Waals surface area (Å²) in [6.45, 7) is 0.725. The second-order valence-corrected chi connectivity index (χ2v) is 5.44. The maximum absolute atomic E-state index is 13.4. The van der Waals surface area contributed by atoms with Crippen molar-refractivity contribution in [2.45, 2.75) is 11.8 Å². The average Bonchev–Trinajstić information content (AvgIpc) is 2.17. The number of nitro groups is 1. The Balaban J connectivity index is 4.00. The van der Waals surface area contributed by atoms with Crippen molar-refractivity contribution in [2.75, 3.05) is 0 Å². The first-order chi connectivity index (χ1) is 7.59. The van der Waals surface area contributed by atoms with E-state index in [-0.39, 0.29) is 0 Å². The molecule has 5 nitrogen and oxygen atoms in total. The minimum absolute atomic E-state index is 0.725. The maximum atomic E-state index is 13.4. The molecule has 0 bridgehead atoms. The number of nitrogens with zero attached hydrogens (tertiary/aromatic N) is 1. The molecule has 0 N–H and O–H groups in total. The summed E-state index contributed by atoms with van der Waals surface area (Å²) in [5, 5.41) is 10.4. The van der Waals surface area contributed by atoms with Gasteiger partial charge in [0.2, 0.25) is 5.82 Å². The van der Waals surface area contributed by atoms with Crippen molar-refractivity contribution in [3.05, 3.63) is 33.1 Å². The highest BCUT2D eigenvalue weighted by Gasteiger charge is 2.37. The molecule has 94 valence electrons. The lowest BCUT2D eigenvalue weighted by Crippen LogP contribution is -2.09. The molecule has 0 aliphatic rings. The number of hydrogen-bond donors (Lipinski definition) is 0. The number of hydrogen-bond acceptors (Lipinski definition) is 4. The van der Waals surface area contributed by atoms with Gasteiger partial charge in [-0.05, 0) is 6.92 Å². The molecule has 0 amide bonds. The Morgan fingerprint density at radius 3 is 2.00 bits per heavy atom. The van der Waals surface area contributed by atoms with Crippen molar-refractivity contribution in [1.82, 2.24) is 0 Å². The van der Waals surface area contributed by atoms with E-state index in [0.717, 1.165) is 6.92 Å². The molecule has 0 aromatic heterocycles. The Bertz CT molecular complexity index is 616. The number of benzene rings is 1. The Morgan fingerprint density at radius 1 is 1.18 bits per heavy atom. The van der Waals surface area contributed by atoms with Gasteiger partial charge in [-0.15, -0.1) is 0 Å². The standard InChI is InChI=1S/C7H3ClF3NO4S/c1-2-3(9)5(11)6(12(13)14)7(4(2)10)17(8,15)16/h1H3. The van der Waals surface area contributed by atoms with E-state index in [2.05, 4.69) is 0 Å². The molecule has 17 heavy (non-hydrogen) atoms. The number of rotatable bonds is 2. The summed E-state index contributed by atoms with van der Waals surface area (Å²) in [7, 11) is -0.174. The first-order valence-electron chi connectivity index (χ1n) is 3.85. The van der Waals surface area contributed by atoms with Gasteiger partial charge >= 0.3 is 5.69 Å². The van der Waals surface area contributed by atoms with Crippen LogP contribution in [0.2, 0.25) is 0 Å². The smallest absolute Gasteiger partial charge is 0.258 e. The zero-order valence-corrected chi connectivity index (χ0v) is 9.57. The van der Waals surface area contributed by atoms with E-state index in [1.807, 2.05) is 0 Å². The predicted molar refractivity (Wildman–Crippen MR) is 50.7 cm³/mol. The Morgan fingerprint density at radius 2 is 1.65 bits per heavy atom. The van der Waals surface area contributed by atoms with Gasteiger partial charge in [0.1, 0.15) is 0 Å². The molecule has 0 fully saturated rings. The highest BCUT2D eigenvalue weighted by molar-refractivity contribution is 8.13. The number of nitro benzene ring substituents is 1. The van der Waals surface area contributed by atoms with Crippen LogP contribution in [0.15, 0.2) is 4.90 Å². The Kier molecular flexibility index (Phi) is 3.35. The van der Waals surface area contributed by atoms with Gasteiger partial charge in [0, 0.05) is 16.2 Å². The van der Waals surface area contributed by atoms with Gasteiger partial charge in [0.25, 0.3) is 9.05 Å². The summed E-state index contributed by atoms with van der Waals surface area (Å²) in [5.41, 5.74) is -2.85. The molecular formula is C7H3ClF3NO4S. The van der Waals surface area contributed by atoms with Crippen LogP contribution in [0.25, 0.3) is 0 Å². The third-order valence-corrected chi connectivity index (χ3v) is 3.22. The molecule has 1 aromatic carbocycles. The molecule has 0 radical (unpaired) electrons. The van der Waals surface area contributed by atoms with Gasteiger partial charge < -0.3 is 0 Å². The minimum atomic E-state index is -4.92. The summed E-state index contributed by atoms with van der Waals surface area (Å²) in [6.07, 6.45) is 0. The van der Waals surface area contributed by atoms with Crippen molar-refractivity contribution < 1.29 is 26.5 Å². The van der Waals surface area contributed by atoms with Gasteiger partial charge in [-0.1, -0.05) is 0 Å². The van der Waals surface area contributed by atoms with Gasteiger partial charge in [-0.2, -0.15) is 4.39 Å². The topological polar surface area (TPSA) is 77.3 Å². The fourth-order valence-electron chi connectivity index (χ4n) is 1.12.